The number of benzene rings is 1. The highest BCUT2D eigenvalue weighted by Crippen LogP contribution is 2.25. The number of rotatable bonds is 1. The summed E-state index contributed by atoms with van der Waals surface area (Å²) < 4.78 is 38.8. The Morgan fingerprint density at radius 1 is 1.31 bits per heavy atom. The summed E-state index contributed by atoms with van der Waals surface area (Å²) in [6.07, 6.45) is -4.65. The van der Waals surface area contributed by atoms with E-state index < -0.39 is 6.36 Å². The molecule has 72 valence electrons. The molecule has 0 saturated carbocycles. The molecule has 0 fully saturated rings. The van der Waals surface area contributed by atoms with Gasteiger partial charge >= 0.3 is 6.36 Å². The average Bonchev–Trinajstić information content (AvgIpc) is 1.94. The topological polar surface area (TPSA) is 35.2 Å². The van der Waals surface area contributed by atoms with E-state index in [0.717, 1.165) is 0 Å². The predicted molar refractivity (Wildman–Crippen MR) is 42.3 cm³/mol. The van der Waals surface area contributed by atoms with E-state index in [0.29, 0.717) is 11.3 Å². The summed E-state index contributed by atoms with van der Waals surface area (Å²) in [6.45, 7) is 1.61. The average molecular weight is 191 g/mol. The quantitative estimate of drug-likeness (QED) is 0.692. The molecule has 1 rings (SSSR count). The van der Waals surface area contributed by atoms with Gasteiger partial charge in [0.15, 0.2) is 0 Å². The molecule has 0 saturated heterocycles. The molecule has 13 heavy (non-hydrogen) atoms. The van der Waals surface area contributed by atoms with E-state index in [1.54, 1.807) is 6.92 Å². The Morgan fingerprint density at radius 3 is 2.38 bits per heavy atom. The standard InChI is InChI=1S/C8H8F3NO/c1-5-4-6(2-3-7(5)12)13-8(9,10)11/h2-4H,12H2,1H3. The molecule has 0 heterocycles. The number of halogens is 3. The fourth-order valence-corrected chi connectivity index (χ4v) is 0.845. The highest BCUT2D eigenvalue weighted by Gasteiger charge is 2.31. The lowest BCUT2D eigenvalue weighted by Gasteiger charge is -2.09. The van der Waals surface area contributed by atoms with Gasteiger partial charge in [0.1, 0.15) is 5.75 Å². The number of nitrogens with two attached hydrogens (primary N) is 1. The summed E-state index contributed by atoms with van der Waals surface area (Å²) >= 11 is 0. The molecule has 0 aromatic heterocycles. The third-order valence-electron chi connectivity index (χ3n) is 1.47. The summed E-state index contributed by atoms with van der Waals surface area (Å²) in [5.74, 6) is -0.251. The minimum absolute atomic E-state index is 0.251. The van der Waals surface area contributed by atoms with Crippen molar-refractivity contribution in [3.8, 4) is 5.75 Å². The molecule has 0 aliphatic rings. The molecule has 1 aromatic rings. The van der Waals surface area contributed by atoms with E-state index in [2.05, 4.69) is 4.74 Å². The van der Waals surface area contributed by atoms with Crippen LogP contribution in [0.5, 0.6) is 5.75 Å². The van der Waals surface area contributed by atoms with Gasteiger partial charge in [-0.2, -0.15) is 0 Å². The lowest BCUT2D eigenvalue weighted by Crippen LogP contribution is -2.17. The smallest absolute Gasteiger partial charge is 0.406 e. The van der Waals surface area contributed by atoms with Crippen LogP contribution in [0.4, 0.5) is 18.9 Å². The minimum atomic E-state index is -4.65. The van der Waals surface area contributed by atoms with Crippen molar-refractivity contribution >= 4 is 5.69 Å². The third kappa shape index (κ3) is 2.85. The first kappa shape index (κ1) is 9.70. The Hall–Kier alpha value is -1.39. The van der Waals surface area contributed by atoms with Crippen molar-refractivity contribution in [1.82, 2.24) is 0 Å². The van der Waals surface area contributed by atoms with E-state index in [9.17, 15) is 13.2 Å². The second-order valence-electron chi connectivity index (χ2n) is 2.57. The van der Waals surface area contributed by atoms with Crippen LogP contribution in [0, 0.1) is 6.92 Å². The number of ether oxygens (including phenoxy) is 1. The Bertz CT molecular complexity index is 309. The van der Waals surface area contributed by atoms with Crippen LogP contribution in [0.1, 0.15) is 5.56 Å². The van der Waals surface area contributed by atoms with E-state index >= 15 is 0 Å². The number of nitrogen functional groups attached to an aromatic ring is 1. The summed E-state index contributed by atoms with van der Waals surface area (Å²) in [4.78, 5) is 0. The van der Waals surface area contributed by atoms with Crippen LogP contribution in [-0.4, -0.2) is 6.36 Å². The molecular formula is C8H8F3NO. The highest BCUT2D eigenvalue weighted by atomic mass is 19.4. The molecule has 2 nitrogen and oxygen atoms in total. The second-order valence-corrected chi connectivity index (χ2v) is 2.57. The van der Waals surface area contributed by atoms with Crippen molar-refractivity contribution in [1.29, 1.82) is 0 Å². The van der Waals surface area contributed by atoms with Crippen LogP contribution >= 0.6 is 0 Å². The predicted octanol–water partition coefficient (Wildman–Crippen LogP) is 2.48. The Kier molecular flexibility index (Phi) is 2.36. The fourth-order valence-electron chi connectivity index (χ4n) is 0.845. The minimum Gasteiger partial charge on any atom is -0.406 e. The fraction of sp³-hybridized carbons (Fsp3) is 0.250. The van der Waals surface area contributed by atoms with Crippen LogP contribution in [0.3, 0.4) is 0 Å². The number of aryl methyl sites for hydroxylation is 1. The number of hydrogen-bond donors (Lipinski definition) is 1. The van der Waals surface area contributed by atoms with Gasteiger partial charge in [0.2, 0.25) is 0 Å². The van der Waals surface area contributed by atoms with Crippen LogP contribution in [0.25, 0.3) is 0 Å². The molecule has 0 radical (unpaired) electrons. The van der Waals surface area contributed by atoms with Crippen LogP contribution in [0.15, 0.2) is 18.2 Å². The van der Waals surface area contributed by atoms with Crippen LogP contribution < -0.4 is 10.5 Å². The van der Waals surface area contributed by atoms with Gasteiger partial charge in [-0.15, -0.1) is 13.2 Å². The second kappa shape index (κ2) is 3.16. The molecule has 0 aliphatic heterocycles. The van der Waals surface area contributed by atoms with Gasteiger partial charge < -0.3 is 10.5 Å². The van der Waals surface area contributed by atoms with E-state index in [-0.39, 0.29) is 5.75 Å². The summed E-state index contributed by atoms with van der Waals surface area (Å²) in [5, 5.41) is 0. The summed E-state index contributed by atoms with van der Waals surface area (Å²) in [6, 6.07) is 3.79. The maximum Gasteiger partial charge on any atom is 0.573 e. The number of hydrogen-bond acceptors (Lipinski definition) is 2. The molecule has 0 aliphatic carbocycles. The molecule has 1 aromatic carbocycles. The van der Waals surface area contributed by atoms with Gasteiger partial charge in [-0.05, 0) is 30.7 Å². The van der Waals surface area contributed by atoms with Crippen molar-refractivity contribution in [2.75, 3.05) is 5.73 Å². The maximum absolute atomic E-state index is 11.7. The van der Waals surface area contributed by atoms with E-state index in [1.165, 1.54) is 18.2 Å². The van der Waals surface area contributed by atoms with Crippen molar-refractivity contribution in [3.63, 3.8) is 0 Å². The Morgan fingerprint density at radius 2 is 1.92 bits per heavy atom. The monoisotopic (exact) mass is 191 g/mol. The van der Waals surface area contributed by atoms with Crippen LogP contribution in [0.2, 0.25) is 0 Å². The van der Waals surface area contributed by atoms with E-state index in [4.69, 9.17) is 5.73 Å². The highest BCUT2D eigenvalue weighted by molar-refractivity contribution is 5.49. The van der Waals surface area contributed by atoms with Crippen molar-refractivity contribution < 1.29 is 17.9 Å². The lowest BCUT2D eigenvalue weighted by atomic mass is 10.2. The Labute approximate surface area is 73.1 Å². The first-order chi connectivity index (χ1) is 5.88. The number of alkyl halides is 3. The van der Waals surface area contributed by atoms with Crippen molar-refractivity contribution in [2.45, 2.75) is 13.3 Å². The first-order valence-electron chi connectivity index (χ1n) is 3.50. The zero-order valence-electron chi connectivity index (χ0n) is 6.85. The van der Waals surface area contributed by atoms with Gasteiger partial charge in [0, 0.05) is 5.69 Å². The molecule has 0 atom stereocenters. The molecule has 2 N–H and O–H groups in total. The third-order valence-corrected chi connectivity index (χ3v) is 1.47. The van der Waals surface area contributed by atoms with Crippen molar-refractivity contribution in [3.05, 3.63) is 23.8 Å². The van der Waals surface area contributed by atoms with Crippen LogP contribution in [-0.2, 0) is 0 Å². The zero-order valence-corrected chi connectivity index (χ0v) is 6.85. The SMILES string of the molecule is Cc1cc(OC(F)(F)F)ccc1N. The summed E-state index contributed by atoms with van der Waals surface area (Å²) in [7, 11) is 0. The van der Waals surface area contributed by atoms with Gasteiger partial charge in [-0.1, -0.05) is 0 Å². The molecule has 0 bridgehead atoms. The Balaban J connectivity index is 2.86. The first-order valence-corrected chi connectivity index (χ1v) is 3.50. The number of anilines is 1. The molecule has 0 amide bonds. The molecule has 0 spiro atoms. The molecular weight excluding hydrogens is 183 g/mol. The van der Waals surface area contributed by atoms with Gasteiger partial charge in [0.05, 0.1) is 0 Å². The van der Waals surface area contributed by atoms with Crippen molar-refractivity contribution in [2.24, 2.45) is 0 Å². The maximum atomic E-state index is 11.7. The largest absolute Gasteiger partial charge is 0.573 e. The zero-order chi connectivity index (χ0) is 10.1. The van der Waals surface area contributed by atoms with E-state index in [1.807, 2.05) is 0 Å². The molecule has 0 unspecified atom stereocenters. The molecule has 5 heteroatoms. The normalized spacial score (nSPS) is 11.4. The van der Waals surface area contributed by atoms with Gasteiger partial charge in [-0.3, -0.25) is 0 Å². The lowest BCUT2D eigenvalue weighted by molar-refractivity contribution is -0.274. The van der Waals surface area contributed by atoms with Gasteiger partial charge in [0.25, 0.3) is 0 Å². The van der Waals surface area contributed by atoms with Gasteiger partial charge in [-0.25, -0.2) is 0 Å². The summed E-state index contributed by atoms with van der Waals surface area (Å²) in [5.41, 5.74) is 6.41.